The molecule has 0 spiro atoms. The highest BCUT2D eigenvalue weighted by Crippen LogP contribution is 2.64. The molecule has 0 aromatic heterocycles. The molecule has 2 saturated heterocycles. The fraction of sp³-hybridized carbons (Fsp3) is 0.250. The van der Waals surface area contributed by atoms with Crippen LogP contribution in [0.15, 0.2) is 96.6 Å². The number of hydrogen-bond acceptors (Lipinski definition) is 8. The maximum atomic E-state index is 15.4. The molecule has 2 N–H and O–H groups in total. The predicted octanol–water partition coefficient (Wildman–Crippen LogP) is 7.56. The molecule has 2 aliphatic carbocycles. The van der Waals surface area contributed by atoms with Crippen molar-refractivity contribution in [3.63, 3.8) is 0 Å². The number of carbonyl (C=O) groups is 4. The predicted molar refractivity (Wildman–Crippen MR) is 199 cm³/mol. The van der Waals surface area contributed by atoms with E-state index in [1.807, 2.05) is 6.08 Å². The van der Waals surface area contributed by atoms with Crippen LogP contribution in [0.4, 0.5) is 11.4 Å². The lowest BCUT2D eigenvalue weighted by Gasteiger charge is -2.50. The molecule has 270 valence electrons. The Hall–Kier alpha value is -5.03. The van der Waals surface area contributed by atoms with Gasteiger partial charge in [-0.1, -0.05) is 64.7 Å². The molecule has 8 rings (SSSR count). The van der Waals surface area contributed by atoms with E-state index in [9.17, 15) is 19.5 Å². The number of phenolic OH excluding ortho intramolecular Hbond substituents is 1. The number of halogens is 3. The Labute approximate surface area is 319 Å². The number of amides is 4. The average molecular weight is 773 g/mol. The van der Waals surface area contributed by atoms with Crippen molar-refractivity contribution in [2.75, 3.05) is 24.5 Å². The van der Waals surface area contributed by atoms with Gasteiger partial charge in [-0.05, 0) is 96.6 Å². The fourth-order valence-electron chi connectivity index (χ4n) is 8.94. The van der Waals surface area contributed by atoms with E-state index in [2.05, 4.69) is 5.43 Å². The summed E-state index contributed by atoms with van der Waals surface area (Å²) in [5.41, 5.74) is 3.99. The number of hydrogen-bond donors (Lipinski definition) is 2. The number of ether oxygens (including phenoxy) is 2. The number of nitrogens with one attached hydrogen (secondary N) is 1. The van der Waals surface area contributed by atoms with Crippen molar-refractivity contribution >= 4 is 69.8 Å². The molecule has 13 heteroatoms. The number of anilines is 2. The number of allylic oxidation sites excluding steroid dienone is 2. The summed E-state index contributed by atoms with van der Waals surface area (Å²) in [4.78, 5) is 60.0. The molecule has 53 heavy (non-hydrogen) atoms. The van der Waals surface area contributed by atoms with E-state index in [1.54, 1.807) is 72.8 Å². The van der Waals surface area contributed by atoms with Crippen molar-refractivity contribution < 1.29 is 33.8 Å². The first-order chi connectivity index (χ1) is 25.5. The average Bonchev–Trinajstić information content (AvgIpc) is 3.54. The van der Waals surface area contributed by atoms with Crippen molar-refractivity contribution in [1.82, 2.24) is 5.01 Å². The van der Waals surface area contributed by atoms with Crippen molar-refractivity contribution in [2.24, 2.45) is 23.7 Å². The highest BCUT2D eigenvalue weighted by molar-refractivity contribution is 6.36. The van der Waals surface area contributed by atoms with E-state index in [4.69, 9.17) is 44.3 Å². The highest BCUT2D eigenvalue weighted by atomic mass is 35.5. The first kappa shape index (κ1) is 35.0. The zero-order valence-corrected chi connectivity index (χ0v) is 30.7. The number of fused-ring (bicyclic) bond motifs is 4. The lowest BCUT2D eigenvalue weighted by Crippen LogP contribution is -2.53. The Bertz CT molecular complexity index is 2230. The monoisotopic (exact) mass is 771 g/mol. The summed E-state index contributed by atoms with van der Waals surface area (Å²) in [6, 6.07) is 23.1. The molecule has 0 radical (unpaired) electrons. The van der Waals surface area contributed by atoms with Crippen LogP contribution in [-0.4, -0.2) is 48.0 Å². The van der Waals surface area contributed by atoms with Crippen LogP contribution in [0.3, 0.4) is 0 Å². The Morgan fingerprint density at radius 1 is 0.792 bits per heavy atom. The van der Waals surface area contributed by atoms with Crippen molar-refractivity contribution in [1.29, 1.82) is 0 Å². The van der Waals surface area contributed by atoms with E-state index in [1.165, 1.54) is 31.3 Å². The molecule has 6 atom stereocenters. The molecule has 2 heterocycles. The minimum absolute atomic E-state index is 0.0926. The van der Waals surface area contributed by atoms with Crippen LogP contribution in [0.25, 0.3) is 0 Å². The second-order valence-corrected chi connectivity index (χ2v) is 14.9. The zero-order chi connectivity index (χ0) is 37.3. The molecule has 3 fully saturated rings. The van der Waals surface area contributed by atoms with Crippen LogP contribution in [0.2, 0.25) is 15.1 Å². The first-order valence-corrected chi connectivity index (χ1v) is 18.1. The van der Waals surface area contributed by atoms with Gasteiger partial charge in [-0.25, -0.2) is 0 Å². The molecule has 4 amide bonds. The lowest BCUT2D eigenvalue weighted by atomic mass is 9.49. The SMILES string of the molecule is COc1ccc(C23C(=O)N(Nc4ccc(Cl)cc4Cl)C(=O)C2CC2C(=CCC4C(=O)N(c5ccc(Cl)cc5)C(=O)C42)C3c2ccc(O)c(OC)c2)cc1. The third kappa shape index (κ3) is 5.29. The third-order valence-corrected chi connectivity index (χ3v) is 12.0. The number of benzene rings is 4. The number of carbonyl (C=O) groups excluding carboxylic acids is 4. The molecule has 10 nitrogen and oxygen atoms in total. The maximum Gasteiger partial charge on any atom is 0.260 e. The summed E-state index contributed by atoms with van der Waals surface area (Å²) in [5.74, 6) is -5.10. The van der Waals surface area contributed by atoms with Gasteiger partial charge in [0.2, 0.25) is 11.8 Å². The summed E-state index contributed by atoms with van der Waals surface area (Å²) in [5, 5.41) is 12.7. The molecule has 4 aliphatic rings. The number of hydrazine groups is 1. The summed E-state index contributed by atoms with van der Waals surface area (Å²) in [7, 11) is 2.96. The summed E-state index contributed by atoms with van der Waals surface area (Å²) >= 11 is 18.8. The number of phenols is 1. The van der Waals surface area contributed by atoms with Gasteiger partial charge >= 0.3 is 0 Å². The number of rotatable bonds is 7. The Morgan fingerprint density at radius 3 is 2.19 bits per heavy atom. The second kappa shape index (κ2) is 13.1. The third-order valence-electron chi connectivity index (χ3n) is 11.2. The second-order valence-electron chi connectivity index (χ2n) is 13.6. The Kier molecular flexibility index (Phi) is 8.67. The minimum Gasteiger partial charge on any atom is -0.504 e. The molecule has 0 bridgehead atoms. The molecular formula is C40H32Cl3N3O7. The van der Waals surface area contributed by atoms with Crippen molar-refractivity contribution in [3.05, 3.63) is 123 Å². The van der Waals surface area contributed by atoms with E-state index < -0.39 is 46.8 Å². The van der Waals surface area contributed by atoms with E-state index in [0.29, 0.717) is 32.6 Å². The number of imide groups is 2. The molecule has 4 aromatic rings. The first-order valence-electron chi connectivity index (χ1n) is 16.9. The van der Waals surface area contributed by atoms with Gasteiger partial charge < -0.3 is 14.6 Å². The summed E-state index contributed by atoms with van der Waals surface area (Å²) in [6.45, 7) is 0. The molecule has 1 saturated carbocycles. The minimum atomic E-state index is -1.56. The van der Waals surface area contributed by atoms with Crippen molar-refractivity contribution in [3.8, 4) is 17.2 Å². The van der Waals surface area contributed by atoms with E-state index in [-0.39, 0.29) is 46.9 Å². The Morgan fingerprint density at radius 2 is 1.51 bits per heavy atom. The molecule has 2 aliphatic heterocycles. The van der Waals surface area contributed by atoms with Gasteiger partial charge in [0.15, 0.2) is 11.5 Å². The zero-order valence-electron chi connectivity index (χ0n) is 28.4. The highest BCUT2D eigenvalue weighted by Gasteiger charge is 2.70. The molecule has 6 unspecified atom stereocenters. The number of nitrogens with zero attached hydrogens (tertiary/aromatic N) is 2. The van der Waals surface area contributed by atoms with Gasteiger partial charge in [0.05, 0.1) is 53.8 Å². The van der Waals surface area contributed by atoms with Gasteiger partial charge in [-0.3, -0.25) is 29.5 Å². The topological polar surface area (TPSA) is 125 Å². The van der Waals surface area contributed by atoms with Gasteiger partial charge in [-0.2, -0.15) is 5.01 Å². The largest absolute Gasteiger partial charge is 0.504 e. The summed E-state index contributed by atoms with van der Waals surface area (Å²) < 4.78 is 11.0. The number of aromatic hydroxyl groups is 1. The molecular weight excluding hydrogens is 741 g/mol. The van der Waals surface area contributed by atoms with Gasteiger partial charge in [0.25, 0.3) is 11.8 Å². The van der Waals surface area contributed by atoms with Gasteiger partial charge in [0.1, 0.15) is 5.75 Å². The Balaban J connectivity index is 1.34. The smallest absolute Gasteiger partial charge is 0.260 e. The standard InChI is InChI=1S/C40H32Cl3N3O7/c1-52-25-11-4-21(5-12-25)40-29(37(49)46(39(40)51)44-31-15-8-23(42)18-30(31)43)19-28-26(35(40)20-3-16-32(47)33(17-20)53-2)13-14-27-34(28)38(50)45(36(27)48)24-9-6-22(41)7-10-24/h3-13,15-18,27-29,34-35,44,47H,14,19H2,1-2H3. The lowest BCUT2D eigenvalue weighted by molar-refractivity contribution is -0.138. The van der Waals surface area contributed by atoms with E-state index in [0.717, 1.165) is 10.6 Å². The van der Waals surface area contributed by atoms with Crippen LogP contribution < -0.4 is 19.8 Å². The normalized spacial score (nSPS) is 26.2. The van der Waals surface area contributed by atoms with Crippen LogP contribution in [0.1, 0.15) is 29.9 Å². The maximum absolute atomic E-state index is 15.4. The van der Waals surface area contributed by atoms with Gasteiger partial charge in [0, 0.05) is 16.0 Å². The van der Waals surface area contributed by atoms with Crippen LogP contribution in [0.5, 0.6) is 17.2 Å². The van der Waals surface area contributed by atoms with Gasteiger partial charge in [-0.15, -0.1) is 0 Å². The van der Waals surface area contributed by atoms with E-state index >= 15 is 4.79 Å². The summed E-state index contributed by atoms with van der Waals surface area (Å²) in [6.07, 6.45) is 2.29. The number of methoxy groups -OCH3 is 2. The van der Waals surface area contributed by atoms with Crippen molar-refractivity contribution in [2.45, 2.75) is 24.2 Å². The van der Waals surface area contributed by atoms with Crippen LogP contribution in [0, 0.1) is 23.7 Å². The van der Waals surface area contributed by atoms with Crippen LogP contribution >= 0.6 is 34.8 Å². The van der Waals surface area contributed by atoms with Crippen LogP contribution in [-0.2, 0) is 24.6 Å². The molecule has 4 aromatic carbocycles. The fourth-order valence-corrected chi connectivity index (χ4v) is 9.51. The quantitative estimate of drug-likeness (QED) is 0.146.